The van der Waals surface area contributed by atoms with Crippen LogP contribution < -0.4 is 9.47 Å². The van der Waals surface area contributed by atoms with Gasteiger partial charge in [0.1, 0.15) is 18.1 Å². The Hall–Kier alpha value is -3.34. The smallest absolute Gasteiger partial charge is 0.338 e. The molecule has 0 radical (unpaired) electrons. The van der Waals surface area contributed by atoms with Crippen LogP contribution in [-0.2, 0) is 11.3 Å². The molecule has 4 nitrogen and oxygen atoms in total. The minimum absolute atomic E-state index is 0.0258. The molecule has 0 aliphatic heterocycles. The van der Waals surface area contributed by atoms with Gasteiger partial charge in [0.15, 0.2) is 11.6 Å². The summed E-state index contributed by atoms with van der Waals surface area (Å²) in [6.45, 7) is -0.0258. The zero-order chi connectivity index (χ0) is 18.4. The van der Waals surface area contributed by atoms with Crippen molar-refractivity contribution in [2.24, 2.45) is 0 Å². The summed E-state index contributed by atoms with van der Waals surface area (Å²) in [6, 6.07) is 20.4. The highest BCUT2D eigenvalue weighted by Crippen LogP contribution is 2.22. The molecule has 26 heavy (non-hydrogen) atoms. The Morgan fingerprint density at radius 1 is 0.923 bits per heavy atom. The van der Waals surface area contributed by atoms with E-state index in [1.807, 2.05) is 30.3 Å². The minimum Gasteiger partial charge on any atom is -0.494 e. The maximum atomic E-state index is 13.6. The highest BCUT2D eigenvalue weighted by atomic mass is 19.1. The topological polar surface area (TPSA) is 44.8 Å². The summed E-state index contributed by atoms with van der Waals surface area (Å²) in [4.78, 5) is 12.1. The van der Waals surface area contributed by atoms with E-state index in [-0.39, 0.29) is 12.4 Å². The first kappa shape index (κ1) is 17.5. The second-order valence-corrected chi connectivity index (χ2v) is 5.48. The van der Waals surface area contributed by atoms with E-state index >= 15 is 0 Å². The standard InChI is InChI=1S/C21H17FO4/c1-24-20-12-7-15(13-19(20)22)14-25-21(23)16-8-10-18(11-9-16)26-17-5-3-2-4-6-17/h2-13H,14H2,1H3. The van der Waals surface area contributed by atoms with Crippen LogP contribution in [0.1, 0.15) is 15.9 Å². The number of rotatable bonds is 6. The second kappa shape index (κ2) is 8.16. The van der Waals surface area contributed by atoms with Gasteiger partial charge in [-0.1, -0.05) is 24.3 Å². The third-order valence-electron chi connectivity index (χ3n) is 3.66. The van der Waals surface area contributed by atoms with Gasteiger partial charge >= 0.3 is 5.97 Å². The van der Waals surface area contributed by atoms with E-state index in [0.29, 0.717) is 22.6 Å². The van der Waals surface area contributed by atoms with E-state index in [9.17, 15) is 9.18 Å². The highest BCUT2D eigenvalue weighted by molar-refractivity contribution is 5.89. The van der Waals surface area contributed by atoms with E-state index in [4.69, 9.17) is 14.2 Å². The Morgan fingerprint density at radius 3 is 2.27 bits per heavy atom. The van der Waals surface area contributed by atoms with E-state index in [2.05, 4.69) is 0 Å². The van der Waals surface area contributed by atoms with Crippen molar-refractivity contribution in [1.82, 2.24) is 0 Å². The number of esters is 1. The van der Waals surface area contributed by atoms with E-state index < -0.39 is 11.8 Å². The lowest BCUT2D eigenvalue weighted by atomic mass is 10.2. The van der Waals surface area contributed by atoms with Gasteiger partial charge in [0.05, 0.1) is 12.7 Å². The van der Waals surface area contributed by atoms with Crippen LogP contribution in [0.2, 0.25) is 0 Å². The van der Waals surface area contributed by atoms with Gasteiger partial charge in [-0.2, -0.15) is 0 Å². The van der Waals surface area contributed by atoms with Gasteiger partial charge in [0, 0.05) is 0 Å². The first-order chi connectivity index (χ1) is 12.7. The van der Waals surface area contributed by atoms with Gasteiger partial charge in [-0.3, -0.25) is 0 Å². The summed E-state index contributed by atoms with van der Waals surface area (Å²) in [5.41, 5.74) is 0.931. The van der Waals surface area contributed by atoms with Crippen LogP contribution in [0.4, 0.5) is 4.39 Å². The van der Waals surface area contributed by atoms with Crippen molar-refractivity contribution in [3.8, 4) is 17.2 Å². The van der Waals surface area contributed by atoms with Crippen LogP contribution >= 0.6 is 0 Å². The Balaban J connectivity index is 1.58. The second-order valence-electron chi connectivity index (χ2n) is 5.48. The summed E-state index contributed by atoms with van der Waals surface area (Å²) in [7, 11) is 1.39. The molecule has 3 aromatic rings. The number of ether oxygens (including phenoxy) is 3. The summed E-state index contributed by atoms with van der Waals surface area (Å²) >= 11 is 0. The quantitative estimate of drug-likeness (QED) is 0.587. The molecular weight excluding hydrogens is 335 g/mol. The molecule has 0 saturated carbocycles. The van der Waals surface area contributed by atoms with Crippen molar-refractivity contribution in [1.29, 1.82) is 0 Å². The normalized spacial score (nSPS) is 10.2. The summed E-state index contributed by atoms with van der Waals surface area (Å²) < 4.78 is 29.4. The van der Waals surface area contributed by atoms with Crippen molar-refractivity contribution in [3.05, 3.63) is 89.7 Å². The monoisotopic (exact) mass is 352 g/mol. The van der Waals surface area contributed by atoms with Crippen molar-refractivity contribution in [2.75, 3.05) is 7.11 Å². The molecule has 0 aliphatic rings. The first-order valence-electron chi connectivity index (χ1n) is 7.98. The maximum absolute atomic E-state index is 13.6. The molecule has 0 bridgehead atoms. The molecule has 0 fully saturated rings. The van der Waals surface area contributed by atoms with Crippen LogP contribution in [0.25, 0.3) is 0 Å². The highest BCUT2D eigenvalue weighted by Gasteiger charge is 2.09. The van der Waals surface area contributed by atoms with Crippen molar-refractivity contribution in [2.45, 2.75) is 6.61 Å². The van der Waals surface area contributed by atoms with Crippen molar-refractivity contribution in [3.63, 3.8) is 0 Å². The average Bonchev–Trinajstić information content (AvgIpc) is 2.67. The Kier molecular flexibility index (Phi) is 5.49. The SMILES string of the molecule is COc1ccc(COC(=O)c2ccc(Oc3ccccc3)cc2)cc1F. The zero-order valence-electron chi connectivity index (χ0n) is 14.1. The number of carbonyl (C=O) groups is 1. The molecule has 0 spiro atoms. The third kappa shape index (κ3) is 4.39. The van der Waals surface area contributed by atoms with Crippen LogP contribution in [0, 0.1) is 5.82 Å². The maximum Gasteiger partial charge on any atom is 0.338 e. The molecule has 3 rings (SSSR count). The van der Waals surface area contributed by atoms with E-state index in [1.165, 1.54) is 19.2 Å². The van der Waals surface area contributed by atoms with E-state index in [1.54, 1.807) is 30.3 Å². The van der Waals surface area contributed by atoms with E-state index in [0.717, 1.165) is 0 Å². The van der Waals surface area contributed by atoms with Crippen LogP contribution in [-0.4, -0.2) is 13.1 Å². The molecule has 0 aliphatic carbocycles. The largest absolute Gasteiger partial charge is 0.494 e. The Morgan fingerprint density at radius 2 is 1.62 bits per heavy atom. The summed E-state index contributed by atoms with van der Waals surface area (Å²) in [5, 5.41) is 0. The van der Waals surface area contributed by atoms with Crippen LogP contribution in [0.3, 0.4) is 0 Å². The number of halogens is 1. The van der Waals surface area contributed by atoms with Gasteiger partial charge in [-0.15, -0.1) is 0 Å². The Bertz CT molecular complexity index is 876. The fraction of sp³-hybridized carbons (Fsp3) is 0.0952. The van der Waals surface area contributed by atoms with Gasteiger partial charge in [-0.25, -0.2) is 9.18 Å². The molecule has 132 valence electrons. The predicted octanol–water partition coefficient (Wildman–Crippen LogP) is 4.98. The Labute approximate surface area is 150 Å². The molecule has 0 aromatic heterocycles. The molecule has 0 atom stereocenters. The van der Waals surface area contributed by atoms with Gasteiger partial charge in [-0.05, 0) is 54.1 Å². The lowest BCUT2D eigenvalue weighted by Gasteiger charge is -2.08. The van der Waals surface area contributed by atoms with Crippen molar-refractivity contribution >= 4 is 5.97 Å². The molecular formula is C21H17FO4. The van der Waals surface area contributed by atoms with Crippen LogP contribution in [0.5, 0.6) is 17.2 Å². The van der Waals surface area contributed by atoms with Gasteiger partial charge in [0.25, 0.3) is 0 Å². The third-order valence-corrected chi connectivity index (χ3v) is 3.66. The summed E-state index contributed by atoms with van der Waals surface area (Å²) in [5.74, 6) is 0.486. The zero-order valence-corrected chi connectivity index (χ0v) is 14.1. The molecule has 0 unspecified atom stereocenters. The molecule has 0 saturated heterocycles. The number of methoxy groups -OCH3 is 1. The number of hydrogen-bond donors (Lipinski definition) is 0. The fourth-order valence-electron chi connectivity index (χ4n) is 2.32. The molecule has 5 heteroatoms. The molecule has 0 N–H and O–H groups in total. The molecule has 0 heterocycles. The lowest BCUT2D eigenvalue weighted by Crippen LogP contribution is -2.05. The lowest BCUT2D eigenvalue weighted by molar-refractivity contribution is 0.0472. The number of hydrogen-bond acceptors (Lipinski definition) is 4. The predicted molar refractivity (Wildman–Crippen MR) is 95.0 cm³/mol. The molecule has 3 aromatic carbocycles. The fourth-order valence-corrected chi connectivity index (χ4v) is 2.32. The molecule has 0 amide bonds. The average molecular weight is 352 g/mol. The number of para-hydroxylation sites is 1. The van der Waals surface area contributed by atoms with Crippen LogP contribution in [0.15, 0.2) is 72.8 Å². The van der Waals surface area contributed by atoms with Crippen molar-refractivity contribution < 1.29 is 23.4 Å². The van der Waals surface area contributed by atoms with Gasteiger partial charge in [0.2, 0.25) is 0 Å². The number of benzene rings is 3. The number of carbonyl (C=O) groups excluding carboxylic acids is 1. The van der Waals surface area contributed by atoms with Gasteiger partial charge < -0.3 is 14.2 Å². The summed E-state index contributed by atoms with van der Waals surface area (Å²) in [6.07, 6.45) is 0. The minimum atomic E-state index is -0.497. The first-order valence-corrected chi connectivity index (χ1v) is 7.98.